The van der Waals surface area contributed by atoms with Crippen molar-refractivity contribution in [2.24, 2.45) is 11.7 Å². The van der Waals surface area contributed by atoms with Crippen molar-refractivity contribution in [3.8, 4) is 0 Å². The van der Waals surface area contributed by atoms with Crippen LogP contribution < -0.4 is 5.73 Å². The van der Waals surface area contributed by atoms with Crippen LogP contribution in [0.2, 0.25) is 0 Å². The summed E-state index contributed by atoms with van der Waals surface area (Å²) in [5, 5.41) is 2.96. The van der Waals surface area contributed by atoms with Crippen LogP contribution in [0.25, 0.3) is 21.7 Å². The third kappa shape index (κ3) is 3.94. The lowest BCUT2D eigenvalue weighted by atomic mass is 9.96. The number of primary amides is 1. The molecule has 0 atom stereocenters. The number of nitrogens with two attached hydrogens (primary N) is 1. The Balaban J connectivity index is 1.37. The quantitative estimate of drug-likeness (QED) is 0.670. The van der Waals surface area contributed by atoms with E-state index >= 15 is 0 Å². The fourth-order valence-corrected chi connectivity index (χ4v) is 3.86. The Kier molecular flexibility index (Phi) is 5.20. The van der Waals surface area contributed by atoms with E-state index in [2.05, 4.69) is 0 Å². The van der Waals surface area contributed by atoms with Gasteiger partial charge in [0.2, 0.25) is 5.91 Å². The standard InChI is InChI=1S/C22H22N2O5/c23-22(27)15-7-9-24(10-8-15)19(25)13-29-20(26)11-16-12-28-18-6-5-14-3-1-2-4-17(14)21(16)18/h1-6,12,15H,7-11,13H2,(H2,23,27). The third-order valence-electron chi connectivity index (χ3n) is 5.48. The normalized spacial score (nSPS) is 15.0. The van der Waals surface area contributed by atoms with Gasteiger partial charge in [0, 0.05) is 30.0 Å². The van der Waals surface area contributed by atoms with Gasteiger partial charge < -0.3 is 19.8 Å². The lowest BCUT2D eigenvalue weighted by molar-refractivity contribution is -0.152. The molecule has 0 spiro atoms. The third-order valence-corrected chi connectivity index (χ3v) is 5.48. The summed E-state index contributed by atoms with van der Waals surface area (Å²) in [6.45, 7) is 0.585. The number of piperidine rings is 1. The van der Waals surface area contributed by atoms with Crippen LogP contribution >= 0.6 is 0 Å². The average Bonchev–Trinajstić information content (AvgIpc) is 3.15. The number of hydrogen-bond acceptors (Lipinski definition) is 5. The van der Waals surface area contributed by atoms with Crippen molar-refractivity contribution < 1.29 is 23.5 Å². The molecule has 3 aromatic rings. The number of carbonyl (C=O) groups excluding carboxylic acids is 3. The molecule has 1 fully saturated rings. The summed E-state index contributed by atoms with van der Waals surface area (Å²) in [7, 11) is 0. The van der Waals surface area contributed by atoms with E-state index in [4.69, 9.17) is 14.9 Å². The molecule has 0 saturated carbocycles. The predicted octanol–water partition coefficient (Wildman–Crippen LogP) is 2.40. The van der Waals surface area contributed by atoms with Crippen molar-refractivity contribution in [3.63, 3.8) is 0 Å². The Bertz CT molecular complexity index is 1080. The molecule has 0 unspecified atom stereocenters. The molecule has 1 aromatic heterocycles. The molecule has 2 heterocycles. The summed E-state index contributed by atoms with van der Waals surface area (Å²) in [6, 6.07) is 11.7. The fraction of sp³-hybridized carbons (Fsp3) is 0.318. The first-order valence-electron chi connectivity index (χ1n) is 9.63. The fourth-order valence-electron chi connectivity index (χ4n) is 3.86. The highest BCUT2D eigenvalue weighted by Gasteiger charge is 2.26. The first-order chi connectivity index (χ1) is 14.0. The first-order valence-corrected chi connectivity index (χ1v) is 9.63. The highest BCUT2D eigenvalue weighted by molar-refractivity contribution is 6.08. The van der Waals surface area contributed by atoms with E-state index in [-0.39, 0.29) is 30.8 Å². The average molecular weight is 394 g/mol. The molecular weight excluding hydrogens is 372 g/mol. The Morgan fingerprint density at radius 1 is 1.10 bits per heavy atom. The summed E-state index contributed by atoms with van der Waals surface area (Å²) in [6.07, 6.45) is 2.68. The number of likely N-dealkylation sites (tertiary alicyclic amines) is 1. The number of carbonyl (C=O) groups is 3. The Hall–Kier alpha value is -3.35. The van der Waals surface area contributed by atoms with Crippen molar-refractivity contribution in [2.45, 2.75) is 19.3 Å². The zero-order valence-electron chi connectivity index (χ0n) is 15.9. The van der Waals surface area contributed by atoms with Gasteiger partial charge in [0.1, 0.15) is 5.58 Å². The van der Waals surface area contributed by atoms with Gasteiger partial charge in [-0.15, -0.1) is 0 Å². The van der Waals surface area contributed by atoms with Crippen LogP contribution in [-0.4, -0.2) is 42.4 Å². The maximum absolute atomic E-state index is 12.3. The zero-order valence-corrected chi connectivity index (χ0v) is 15.9. The van der Waals surface area contributed by atoms with Crippen LogP contribution in [0.5, 0.6) is 0 Å². The van der Waals surface area contributed by atoms with Crippen LogP contribution in [-0.2, 0) is 25.5 Å². The van der Waals surface area contributed by atoms with Crippen molar-refractivity contribution in [3.05, 3.63) is 48.2 Å². The summed E-state index contributed by atoms with van der Waals surface area (Å²) in [5.74, 6) is -1.26. The van der Waals surface area contributed by atoms with Gasteiger partial charge in [-0.2, -0.15) is 0 Å². The molecule has 1 saturated heterocycles. The van der Waals surface area contributed by atoms with Gasteiger partial charge in [0.05, 0.1) is 12.7 Å². The molecule has 1 aliphatic rings. The van der Waals surface area contributed by atoms with Gasteiger partial charge in [-0.3, -0.25) is 14.4 Å². The smallest absolute Gasteiger partial charge is 0.310 e. The Labute approximate surface area is 167 Å². The molecule has 1 aliphatic heterocycles. The highest BCUT2D eigenvalue weighted by Crippen LogP contribution is 2.30. The minimum atomic E-state index is -0.485. The molecule has 2 aromatic carbocycles. The van der Waals surface area contributed by atoms with Crippen molar-refractivity contribution in [1.82, 2.24) is 4.90 Å². The monoisotopic (exact) mass is 394 g/mol. The van der Waals surface area contributed by atoms with Crippen LogP contribution in [0.1, 0.15) is 18.4 Å². The van der Waals surface area contributed by atoms with Crippen molar-refractivity contribution in [1.29, 1.82) is 0 Å². The molecule has 29 heavy (non-hydrogen) atoms. The number of nitrogens with zero attached hydrogens (tertiary/aromatic N) is 1. The number of esters is 1. The van der Waals surface area contributed by atoms with Crippen molar-refractivity contribution in [2.75, 3.05) is 19.7 Å². The number of benzene rings is 2. The van der Waals surface area contributed by atoms with E-state index in [0.29, 0.717) is 31.5 Å². The molecule has 2 N–H and O–H groups in total. The van der Waals surface area contributed by atoms with E-state index in [1.807, 2.05) is 36.4 Å². The van der Waals surface area contributed by atoms with Crippen LogP contribution in [0.3, 0.4) is 0 Å². The summed E-state index contributed by atoms with van der Waals surface area (Å²) in [4.78, 5) is 37.4. The van der Waals surface area contributed by atoms with Crippen molar-refractivity contribution >= 4 is 39.5 Å². The molecular formula is C22H22N2O5. The van der Waals surface area contributed by atoms with Gasteiger partial charge >= 0.3 is 5.97 Å². The molecule has 7 heteroatoms. The van der Waals surface area contributed by atoms with Gasteiger partial charge in [0.25, 0.3) is 5.91 Å². The summed E-state index contributed by atoms with van der Waals surface area (Å²) in [5.41, 5.74) is 6.75. The van der Waals surface area contributed by atoms with E-state index in [1.54, 1.807) is 11.2 Å². The molecule has 7 nitrogen and oxygen atoms in total. The SMILES string of the molecule is NC(=O)C1CCN(C(=O)COC(=O)Cc2coc3ccc4ccccc4c23)CC1. The van der Waals surface area contributed by atoms with E-state index < -0.39 is 5.97 Å². The van der Waals surface area contributed by atoms with Crippen LogP contribution in [0, 0.1) is 5.92 Å². The van der Waals surface area contributed by atoms with Gasteiger partial charge in [-0.1, -0.05) is 30.3 Å². The lowest BCUT2D eigenvalue weighted by Crippen LogP contribution is -2.43. The maximum atomic E-state index is 12.3. The molecule has 2 amide bonds. The minimum absolute atomic E-state index is 0.0258. The second-order valence-corrected chi connectivity index (χ2v) is 7.32. The first kappa shape index (κ1) is 19.0. The number of fused-ring (bicyclic) bond motifs is 3. The number of ether oxygens (including phenoxy) is 1. The van der Waals surface area contributed by atoms with Gasteiger partial charge in [-0.05, 0) is 29.7 Å². The molecule has 0 bridgehead atoms. The molecule has 4 rings (SSSR count). The number of hydrogen-bond donors (Lipinski definition) is 1. The number of furan rings is 1. The minimum Gasteiger partial charge on any atom is -0.464 e. The zero-order chi connectivity index (χ0) is 20.4. The molecule has 150 valence electrons. The Morgan fingerprint density at radius 3 is 2.62 bits per heavy atom. The van der Waals surface area contributed by atoms with E-state index in [0.717, 1.165) is 21.7 Å². The van der Waals surface area contributed by atoms with E-state index in [9.17, 15) is 14.4 Å². The summed E-state index contributed by atoms with van der Waals surface area (Å²) >= 11 is 0. The van der Waals surface area contributed by atoms with Crippen LogP contribution in [0.15, 0.2) is 47.1 Å². The second-order valence-electron chi connectivity index (χ2n) is 7.32. The number of amides is 2. The lowest BCUT2D eigenvalue weighted by Gasteiger charge is -2.30. The van der Waals surface area contributed by atoms with Crippen LogP contribution in [0.4, 0.5) is 0 Å². The predicted molar refractivity (Wildman–Crippen MR) is 107 cm³/mol. The Morgan fingerprint density at radius 2 is 1.86 bits per heavy atom. The van der Waals surface area contributed by atoms with Gasteiger partial charge in [0.15, 0.2) is 6.61 Å². The largest absolute Gasteiger partial charge is 0.464 e. The molecule has 0 radical (unpaired) electrons. The summed E-state index contributed by atoms with van der Waals surface area (Å²) < 4.78 is 10.8. The highest BCUT2D eigenvalue weighted by atomic mass is 16.5. The maximum Gasteiger partial charge on any atom is 0.310 e. The second kappa shape index (κ2) is 7.95. The van der Waals surface area contributed by atoms with Gasteiger partial charge in [-0.25, -0.2) is 0 Å². The number of rotatable bonds is 5. The molecule has 0 aliphatic carbocycles. The van der Waals surface area contributed by atoms with E-state index in [1.165, 1.54) is 0 Å². The topological polar surface area (TPSA) is 103 Å².